The second-order valence-electron chi connectivity index (χ2n) is 0.957. The second kappa shape index (κ2) is 8.90. The van der Waals surface area contributed by atoms with Gasteiger partial charge in [0.25, 0.3) is 0 Å². The van der Waals surface area contributed by atoms with E-state index in [0.29, 0.717) is 0 Å². The normalized spacial score (nSPS) is 7.00. The highest BCUT2D eigenvalue weighted by molar-refractivity contribution is 5.75. The lowest BCUT2D eigenvalue weighted by Gasteiger charge is -1.86. The molecule has 0 fully saturated rings. The predicted octanol–water partition coefficient (Wildman–Crippen LogP) is -0.568. The van der Waals surface area contributed by atoms with Gasteiger partial charge in [-0.1, -0.05) is 13.8 Å². The lowest BCUT2D eigenvalue weighted by Crippen LogP contribution is -2.09. The van der Waals surface area contributed by atoms with Crippen molar-refractivity contribution < 1.29 is 0 Å². The molecule has 0 saturated carbocycles. The Morgan fingerprint density at radius 2 is 1.50 bits per heavy atom. The number of hydrogen-bond acceptors (Lipinski definition) is 1. The molecule has 1 nitrogen and oxygen atoms in total. The van der Waals surface area contributed by atoms with Crippen molar-refractivity contribution in [1.29, 1.82) is 0 Å². The summed E-state index contributed by atoms with van der Waals surface area (Å²) in [4.78, 5) is 0. The lowest BCUT2D eigenvalue weighted by molar-refractivity contribution is 0.762. The summed E-state index contributed by atoms with van der Waals surface area (Å²) in [5.41, 5.74) is 0. The van der Waals surface area contributed by atoms with E-state index >= 15 is 0 Å². The van der Waals surface area contributed by atoms with Crippen LogP contribution < -0.4 is 5.32 Å². The zero-order chi connectivity index (χ0) is 4.12. The van der Waals surface area contributed by atoms with Crippen molar-refractivity contribution in [2.24, 2.45) is 0 Å². The molecule has 0 bridgehead atoms. The number of rotatable bonds is 2. The molecule has 0 aliphatic heterocycles. The predicted molar refractivity (Wildman–Crippen MR) is 34.2 cm³/mol. The van der Waals surface area contributed by atoms with E-state index in [4.69, 9.17) is 0 Å². The molecule has 0 rings (SSSR count). The molecule has 0 atom stereocenters. The topological polar surface area (TPSA) is 12.0 Å². The molecule has 1 N–H and O–H groups in total. The van der Waals surface area contributed by atoms with Crippen LogP contribution in [0.15, 0.2) is 0 Å². The number of hydrogen-bond donors (Lipinski definition) is 1. The van der Waals surface area contributed by atoms with Gasteiger partial charge in [0.15, 0.2) is 0 Å². The van der Waals surface area contributed by atoms with Crippen LogP contribution in [0.1, 0.15) is 13.8 Å². The van der Waals surface area contributed by atoms with Crippen molar-refractivity contribution in [2.45, 2.75) is 13.8 Å². The van der Waals surface area contributed by atoms with E-state index in [2.05, 4.69) is 19.2 Å². The quantitative estimate of drug-likeness (QED) is 0.445. The van der Waals surface area contributed by atoms with Crippen LogP contribution in [0.5, 0.6) is 0 Å². The Morgan fingerprint density at radius 3 is 1.50 bits per heavy atom. The van der Waals surface area contributed by atoms with E-state index < -0.39 is 0 Å². The summed E-state index contributed by atoms with van der Waals surface area (Å²) in [5, 5.41) is 3.11. The van der Waals surface area contributed by atoms with Gasteiger partial charge in [0.2, 0.25) is 0 Å². The minimum Gasteiger partial charge on any atom is -0.317 e. The van der Waals surface area contributed by atoms with Gasteiger partial charge in [-0.25, -0.2) is 0 Å². The summed E-state index contributed by atoms with van der Waals surface area (Å²) < 4.78 is 0. The molecular formula is C4H14BN. The fourth-order valence-electron chi connectivity index (χ4n) is 0.250. The summed E-state index contributed by atoms with van der Waals surface area (Å²) in [6.45, 7) is 6.39. The van der Waals surface area contributed by atoms with Gasteiger partial charge < -0.3 is 5.32 Å². The Balaban J connectivity index is 0. The Hall–Kier alpha value is 0.0249. The third-order valence-corrected chi connectivity index (χ3v) is 0.500. The molecule has 0 radical (unpaired) electrons. The summed E-state index contributed by atoms with van der Waals surface area (Å²) in [5.74, 6) is 0. The minimum absolute atomic E-state index is 0. The SMILES string of the molecule is B.CCNCC. The number of nitrogens with one attached hydrogen (secondary N) is 1. The van der Waals surface area contributed by atoms with E-state index in [1.54, 1.807) is 0 Å². The van der Waals surface area contributed by atoms with Gasteiger partial charge in [0, 0.05) is 0 Å². The molecule has 0 aliphatic rings. The first kappa shape index (κ1) is 9.39. The lowest BCUT2D eigenvalue weighted by atomic mass is 10.7. The van der Waals surface area contributed by atoms with Crippen LogP contribution in [0.4, 0.5) is 0 Å². The van der Waals surface area contributed by atoms with Gasteiger partial charge in [-0.15, -0.1) is 0 Å². The molecule has 0 aromatic rings. The molecule has 0 saturated heterocycles. The first-order valence-electron chi connectivity index (χ1n) is 2.12. The first-order valence-corrected chi connectivity index (χ1v) is 2.12. The fraction of sp³-hybridized carbons (Fsp3) is 1.00. The first-order chi connectivity index (χ1) is 2.41. The highest BCUT2D eigenvalue weighted by Crippen LogP contribution is 1.47. The van der Waals surface area contributed by atoms with Crippen LogP contribution in [-0.4, -0.2) is 21.5 Å². The maximum Gasteiger partial charge on any atom is 0.0814 e. The van der Waals surface area contributed by atoms with E-state index in [-0.39, 0.29) is 8.41 Å². The van der Waals surface area contributed by atoms with E-state index in [9.17, 15) is 0 Å². The molecule has 0 spiro atoms. The summed E-state index contributed by atoms with van der Waals surface area (Å²) >= 11 is 0. The van der Waals surface area contributed by atoms with Crippen LogP contribution in [0.25, 0.3) is 0 Å². The maximum atomic E-state index is 3.11. The third-order valence-electron chi connectivity index (χ3n) is 0.500. The largest absolute Gasteiger partial charge is 0.317 e. The van der Waals surface area contributed by atoms with Crippen LogP contribution >= 0.6 is 0 Å². The molecule has 0 heterocycles. The van der Waals surface area contributed by atoms with Crippen LogP contribution in [0.3, 0.4) is 0 Å². The monoisotopic (exact) mass is 87.1 g/mol. The Kier molecular flexibility index (Phi) is 13.9. The maximum absolute atomic E-state index is 3.11. The van der Waals surface area contributed by atoms with E-state index in [1.807, 2.05) is 0 Å². The van der Waals surface area contributed by atoms with E-state index in [1.165, 1.54) is 0 Å². The highest BCUT2D eigenvalue weighted by Gasteiger charge is 1.62. The van der Waals surface area contributed by atoms with Gasteiger partial charge in [-0.3, -0.25) is 0 Å². The van der Waals surface area contributed by atoms with Gasteiger partial charge in [0.05, 0.1) is 8.41 Å². The van der Waals surface area contributed by atoms with Crippen molar-refractivity contribution in [3.63, 3.8) is 0 Å². The molecule has 0 aliphatic carbocycles. The third kappa shape index (κ3) is 8.98. The van der Waals surface area contributed by atoms with Crippen molar-refractivity contribution in [3.8, 4) is 0 Å². The Bertz CT molecular complexity index is 15.0. The van der Waals surface area contributed by atoms with Gasteiger partial charge in [0.1, 0.15) is 0 Å². The zero-order valence-electron chi connectivity index (χ0n) is 3.91. The molecule has 2 heteroatoms. The van der Waals surface area contributed by atoms with Crippen molar-refractivity contribution in [1.82, 2.24) is 5.32 Å². The molecule has 6 heavy (non-hydrogen) atoms. The molecule has 0 amide bonds. The molecule has 0 unspecified atom stereocenters. The molecule has 0 aromatic carbocycles. The van der Waals surface area contributed by atoms with Crippen molar-refractivity contribution in [3.05, 3.63) is 0 Å². The Morgan fingerprint density at radius 1 is 1.17 bits per heavy atom. The highest BCUT2D eigenvalue weighted by atomic mass is 14.8. The Labute approximate surface area is 41.7 Å². The molecule has 38 valence electrons. The average molecular weight is 87.0 g/mol. The van der Waals surface area contributed by atoms with E-state index in [0.717, 1.165) is 13.1 Å². The van der Waals surface area contributed by atoms with Crippen LogP contribution in [0.2, 0.25) is 0 Å². The second-order valence-corrected chi connectivity index (χ2v) is 0.957. The summed E-state index contributed by atoms with van der Waals surface area (Å²) in [7, 11) is 0. The van der Waals surface area contributed by atoms with Crippen LogP contribution in [0, 0.1) is 0 Å². The zero-order valence-corrected chi connectivity index (χ0v) is 3.91. The van der Waals surface area contributed by atoms with Gasteiger partial charge >= 0.3 is 0 Å². The standard InChI is InChI=1S/C4H11N.BH3/c1-3-5-4-2;/h5H,3-4H2,1-2H3;1H3. The average Bonchev–Trinajstić information content (AvgIpc) is 1.41. The molecular weight excluding hydrogens is 72.9 g/mol. The summed E-state index contributed by atoms with van der Waals surface area (Å²) in [6, 6.07) is 0. The fourth-order valence-corrected chi connectivity index (χ4v) is 0.250. The summed E-state index contributed by atoms with van der Waals surface area (Å²) in [6.07, 6.45) is 0. The molecule has 0 aromatic heterocycles. The van der Waals surface area contributed by atoms with Gasteiger partial charge in [-0.2, -0.15) is 0 Å². The van der Waals surface area contributed by atoms with Crippen molar-refractivity contribution >= 4 is 8.41 Å². The van der Waals surface area contributed by atoms with Crippen molar-refractivity contribution in [2.75, 3.05) is 13.1 Å². The van der Waals surface area contributed by atoms with Gasteiger partial charge in [-0.05, 0) is 13.1 Å². The minimum atomic E-state index is 0. The smallest absolute Gasteiger partial charge is 0.0814 e. The van der Waals surface area contributed by atoms with Crippen LogP contribution in [-0.2, 0) is 0 Å².